The summed E-state index contributed by atoms with van der Waals surface area (Å²) in [5.41, 5.74) is 0.394. The first-order chi connectivity index (χ1) is 9.11. The van der Waals surface area contributed by atoms with Gasteiger partial charge in [-0.05, 0) is 32.4 Å². The Bertz CT molecular complexity index is 481. The molecule has 0 saturated carbocycles. The minimum atomic E-state index is -0.434. The maximum atomic E-state index is 11.8. The number of hydrogen-bond acceptors (Lipinski definition) is 5. The minimum Gasteiger partial charge on any atom is -0.465 e. The summed E-state index contributed by atoms with van der Waals surface area (Å²) in [4.78, 5) is 23.2. The van der Waals surface area contributed by atoms with Gasteiger partial charge in [0.15, 0.2) is 0 Å². The van der Waals surface area contributed by atoms with E-state index in [-0.39, 0.29) is 30.9 Å². The zero-order chi connectivity index (χ0) is 13.8. The summed E-state index contributed by atoms with van der Waals surface area (Å²) in [5.74, 6) is 0.571. The molecule has 2 rings (SSSR count). The molecular weight excluding hydrogens is 284 g/mol. The lowest BCUT2D eigenvalue weighted by atomic mass is 10.2. The molecule has 1 fully saturated rings. The molecular formula is C13H19ClN2O4. The topological polar surface area (TPSA) is 80.6 Å². The van der Waals surface area contributed by atoms with Crippen molar-refractivity contribution in [2.24, 2.45) is 0 Å². The van der Waals surface area contributed by atoms with Crippen molar-refractivity contribution in [2.75, 3.05) is 13.7 Å². The van der Waals surface area contributed by atoms with Crippen LogP contribution < -0.4 is 10.6 Å². The normalized spacial score (nSPS) is 17.4. The van der Waals surface area contributed by atoms with Gasteiger partial charge in [-0.3, -0.25) is 4.79 Å². The second-order valence-corrected chi connectivity index (χ2v) is 4.54. The predicted molar refractivity (Wildman–Crippen MR) is 74.9 cm³/mol. The van der Waals surface area contributed by atoms with E-state index < -0.39 is 5.97 Å². The highest BCUT2D eigenvalue weighted by Gasteiger charge is 2.22. The van der Waals surface area contributed by atoms with Crippen LogP contribution in [-0.4, -0.2) is 31.6 Å². The van der Waals surface area contributed by atoms with Crippen molar-refractivity contribution in [2.45, 2.75) is 32.4 Å². The number of hydrogen-bond donors (Lipinski definition) is 2. The summed E-state index contributed by atoms with van der Waals surface area (Å²) in [6.07, 6.45) is 1.88. The zero-order valence-electron chi connectivity index (χ0n) is 11.5. The SMILES string of the molecule is COC(=O)c1cc(CNC(=O)C2CCCN2)oc1C.Cl. The highest BCUT2D eigenvalue weighted by atomic mass is 35.5. The molecule has 0 spiro atoms. The summed E-state index contributed by atoms with van der Waals surface area (Å²) in [6, 6.07) is 1.49. The molecule has 112 valence electrons. The molecule has 1 aromatic rings. The van der Waals surface area contributed by atoms with Gasteiger partial charge in [0.25, 0.3) is 0 Å². The number of aryl methyl sites for hydroxylation is 1. The Morgan fingerprint density at radius 3 is 2.90 bits per heavy atom. The Morgan fingerprint density at radius 1 is 1.55 bits per heavy atom. The average Bonchev–Trinajstić information content (AvgIpc) is 3.04. The molecule has 6 nitrogen and oxygen atoms in total. The maximum absolute atomic E-state index is 11.8. The predicted octanol–water partition coefficient (Wildman–Crippen LogP) is 1.16. The van der Waals surface area contributed by atoms with Crippen LogP contribution in [0.3, 0.4) is 0 Å². The van der Waals surface area contributed by atoms with Crippen molar-refractivity contribution < 1.29 is 18.7 Å². The fourth-order valence-electron chi connectivity index (χ4n) is 2.15. The largest absolute Gasteiger partial charge is 0.465 e. The van der Waals surface area contributed by atoms with Crippen LogP contribution in [0.1, 0.15) is 34.7 Å². The van der Waals surface area contributed by atoms with E-state index in [1.165, 1.54) is 7.11 Å². The smallest absolute Gasteiger partial charge is 0.341 e. The molecule has 1 aromatic heterocycles. The summed E-state index contributed by atoms with van der Waals surface area (Å²) in [7, 11) is 1.32. The molecule has 2 heterocycles. The third-order valence-electron chi connectivity index (χ3n) is 3.19. The van der Waals surface area contributed by atoms with Gasteiger partial charge in [0.1, 0.15) is 17.1 Å². The molecule has 2 N–H and O–H groups in total. The summed E-state index contributed by atoms with van der Waals surface area (Å²) < 4.78 is 10.1. The van der Waals surface area contributed by atoms with E-state index in [9.17, 15) is 9.59 Å². The first-order valence-electron chi connectivity index (χ1n) is 6.30. The molecule has 1 saturated heterocycles. The number of nitrogens with one attached hydrogen (secondary N) is 2. The quantitative estimate of drug-likeness (QED) is 0.816. The Labute approximate surface area is 123 Å². The first-order valence-corrected chi connectivity index (χ1v) is 6.30. The molecule has 20 heavy (non-hydrogen) atoms. The zero-order valence-corrected chi connectivity index (χ0v) is 12.3. The number of carbonyl (C=O) groups excluding carboxylic acids is 2. The summed E-state index contributed by atoms with van der Waals surface area (Å²) in [5, 5.41) is 5.91. The van der Waals surface area contributed by atoms with E-state index in [1.54, 1.807) is 13.0 Å². The fourth-order valence-corrected chi connectivity index (χ4v) is 2.15. The molecule has 0 aliphatic carbocycles. The Kier molecular flexibility index (Phi) is 6.04. The van der Waals surface area contributed by atoms with Crippen molar-refractivity contribution >= 4 is 24.3 Å². The summed E-state index contributed by atoms with van der Waals surface area (Å²) in [6.45, 7) is 2.84. The molecule has 0 aromatic carbocycles. The molecule has 1 aliphatic rings. The fraction of sp³-hybridized carbons (Fsp3) is 0.538. The van der Waals surface area contributed by atoms with Gasteiger partial charge in [0.05, 0.1) is 19.7 Å². The lowest BCUT2D eigenvalue weighted by molar-refractivity contribution is -0.123. The van der Waals surface area contributed by atoms with E-state index >= 15 is 0 Å². The summed E-state index contributed by atoms with van der Waals surface area (Å²) >= 11 is 0. The third-order valence-corrected chi connectivity index (χ3v) is 3.19. The lowest BCUT2D eigenvalue weighted by Crippen LogP contribution is -2.39. The Morgan fingerprint density at radius 2 is 2.30 bits per heavy atom. The van der Waals surface area contributed by atoms with Crippen molar-refractivity contribution in [1.29, 1.82) is 0 Å². The van der Waals surface area contributed by atoms with Crippen LogP contribution in [0.4, 0.5) is 0 Å². The third kappa shape index (κ3) is 3.74. The molecule has 7 heteroatoms. The van der Waals surface area contributed by atoms with E-state index in [0.717, 1.165) is 19.4 Å². The Balaban J connectivity index is 0.00000200. The van der Waals surface area contributed by atoms with Crippen LogP contribution in [0.5, 0.6) is 0 Å². The van der Waals surface area contributed by atoms with Gasteiger partial charge >= 0.3 is 5.97 Å². The van der Waals surface area contributed by atoms with Crippen LogP contribution in [0.15, 0.2) is 10.5 Å². The van der Waals surface area contributed by atoms with Crippen LogP contribution in [-0.2, 0) is 16.1 Å². The van der Waals surface area contributed by atoms with E-state index in [4.69, 9.17) is 4.42 Å². The van der Waals surface area contributed by atoms with Gasteiger partial charge in [-0.15, -0.1) is 12.4 Å². The number of methoxy groups -OCH3 is 1. The lowest BCUT2D eigenvalue weighted by Gasteiger charge is -2.09. The standard InChI is InChI=1S/C13H18N2O4.ClH/c1-8-10(13(17)18-2)6-9(19-8)7-15-12(16)11-4-3-5-14-11;/h6,11,14H,3-5,7H2,1-2H3,(H,15,16);1H. The van der Waals surface area contributed by atoms with Crippen LogP contribution in [0, 0.1) is 6.92 Å². The van der Waals surface area contributed by atoms with Gasteiger partial charge in [0, 0.05) is 0 Å². The number of rotatable bonds is 4. The maximum Gasteiger partial charge on any atom is 0.341 e. The highest BCUT2D eigenvalue weighted by Crippen LogP contribution is 2.15. The first kappa shape index (κ1) is 16.5. The number of carbonyl (C=O) groups is 2. The number of ether oxygens (including phenoxy) is 1. The molecule has 1 unspecified atom stereocenters. The molecule has 1 amide bonds. The number of furan rings is 1. The monoisotopic (exact) mass is 302 g/mol. The van der Waals surface area contributed by atoms with Gasteiger partial charge in [-0.1, -0.05) is 0 Å². The van der Waals surface area contributed by atoms with Crippen LogP contribution >= 0.6 is 12.4 Å². The second-order valence-electron chi connectivity index (χ2n) is 4.54. The van der Waals surface area contributed by atoms with Crippen LogP contribution in [0.2, 0.25) is 0 Å². The average molecular weight is 303 g/mol. The molecule has 1 atom stereocenters. The van der Waals surface area contributed by atoms with Gasteiger partial charge < -0.3 is 19.8 Å². The van der Waals surface area contributed by atoms with Crippen molar-refractivity contribution in [3.8, 4) is 0 Å². The minimum absolute atomic E-state index is 0. The molecule has 0 bridgehead atoms. The van der Waals surface area contributed by atoms with Crippen LogP contribution in [0.25, 0.3) is 0 Å². The molecule has 1 aliphatic heterocycles. The van der Waals surface area contributed by atoms with E-state index in [2.05, 4.69) is 15.4 Å². The number of halogens is 1. The van der Waals surface area contributed by atoms with Crippen molar-refractivity contribution in [1.82, 2.24) is 10.6 Å². The van der Waals surface area contributed by atoms with Crippen molar-refractivity contribution in [3.63, 3.8) is 0 Å². The van der Waals surface area contributed by atoms with Gasteiger partial charge in [-0.2, -0.15) is 0 Å². The van der Waals surface area contributed by atoms with E-state index in [0.29, 0.717) is 17.1 Å². The van der Waals surface area contributed by atoms with Gasteiger partial charge in [0.2, 0.25) is 5.91 Å². The number of amides is 1. The number of esters is 1. The highest BCUT2D eigenvalue weighted by molar-refractivity contribution is 5.90. The second kappa shape index (κ2) is 7.31. The van der Waals surface area contributed by atoms with Gasteiger partial charge in [-0.25, -0.2) is 4.79 Å². The molecule has 0 radical (unpaired) electrons. The van der Waals surface area contributed by atoms with Crippen molar-refractivity contribution in [3.05, 3.63) is 23.2 Å². The Hall–Kier alpha value is -1.53. The van der Waals surface area contributed by atoms with E-state index in [1.807, 2.05) is 0 Å².